The molecule has 2 N–H and O–H groups in total. The van der Waals surface area contributed by atoms with Crippen molar-refractivity contribution in [2.75, 3.05) is 11.1 Å². The highest BCUT2D eigenvalue weighted by molar-refractivity contribution is 8.00. The Morgan fingerprint density at radius 3 is 1.85 bits per heavy atom. The van der Waals surface area contributed by atoms with Crippen molar-refractivity contribution in [2.45, 2.75) is 4.90 Å². The van der Waals surface area contributed by atoms with E-state index in [0.717, 1.165) is 21.6 Å². The van der Waals surface area contributed by atoms with Crippen LogP contribution in [0.4, 0.5) is 5.69 Å². The number of furan rings is 1. The number of Topliss-reactive ketones (excluding diaryl/α,β-unsaturated/α-hetero) is 1. The molecule has 0 spiro atoms. The molecular weight excluding hydrogens is 605 g/mol. The molecule has 47 heavy (non-hydrogen) atoms. The molecule has 1 aromatic heterocycles. The fourth-order valence-corrected chi connectivity index (χ4v) is 5.61. The largest absolute Gasteiger partial charge is 0.457 e. The smallest absolute Gasteiger partial charge is 0.272 e. The van der Waals surface area contributed by atoms with Gasteiger partial charge in [-0.05, 0) is 59.7 Å². The second-order valence-corrected chi connectivity index (χ2v) is 11.6. The maximum atomic E-state index is 13.4. The summed E-state index contributed by atoms with van der Waals surface area (Å²) in [4.78, 5) is 40.2. The van der Waals surface area contributed by atoms with E-state index in [1.165, 1.54) is 17.8 Å². The number of benzene rings is 5. The fraction of sp³-hybridized carbons (Fsp3) is 0.0250. The molecule has 5 aromatic carbocycles. The predicted molar refractivity (Wildman–Crippen MR) is 188 cm³/mol. The van der Waals surface area contributed by atoms with Gasteiger partial charge in [0.15, 0.2) is 5.78 Å². The van der Waals surface area contributed by atoms with E-state index in [4.69, 9.17) is 4.42 Å². The van der Waals surface area contributed by atoms with Crippen LogP contribution < -0.4 is 10.6 Å². The van der Waals surface area contributed by atoms with Crippen molar-refractivity contribution in [3.63, 3.8) is 0 Å². The Morgan fingerprint density at radius 1 is 0.596 bits per heavy atom. The predicted octanol–water partition coefficient (Wildman–Crippen LogP) is 9.00. The highest BCUT2D eigenvalue weighted by atomic mass is 32.2. The van der Waals surface area contributed by atoms with Crippen molar-refractivity contribution in [1.82, 2.24) is 5.32 Å². The summed E-state index contributed by atoms with van der Waals surface area (Å²) in [6, 6.07) is 46.7. The minimum absolute atomic E-state index is 0.0233. The third-order valence-electron chi connectivity index (χ3n) is 7.30. The van der Waals surface area contributed by atoms with Gasteiger partial charge in [0.25, 0.3) is 11.8 Å². The minimum Gasteiger partial charge on any atom is -0.457 e. The molecule has 0 saturated carbocycles. The summed E-state index contributed by atoms with van der Waals surface area (Å²) in [6.45, 7) is 0. The Labute approximate surface area is 277 Å². The molecule has 2 amide bonds. The molecule has 0 fully saturated rings. The molecule has 0 bridgehead atoms. The molecule has 6 aromatic rings. The van der Waals surface area contributed by atoms with Gasteiger partial charge in [0.2, 0.25) is 0 Å². The van der Waals surface area contributed by atoms with Gasteiger partial charge in [0.05, 0.1) is 5.75 Å². The highest BCUT2D eigenvalue weighted by Gasteiger charge is 2.17. The summed E-state index contributed by atoms with van der Waals surface area (Å²) >= 11 is 1.42. The van der Waals surface area contributed by atoms with Crippen LogP contribution in [0.25, 0.3) is 28.5 Å². The summed E-state index contributed by atoms with van der Waals surface area (Å²) in [6.07, 6.45) is 1.50. The van der Waals surface area contributed by atoms with Crippen LogP contribution in [0, 0.1) is 0 Å². The van der Waals surface area contributed by atoms with Crippen LogP contribution in [0.1, 0.15) is 26.5 Å². The van der Waals surface area contributed by atoms with Crippen molar-refractivity contribution < 1.29 is 18.8 Å². The molecule has 0 radical (unpaired) electrons. The average molecular weight is 635 g/mol. The zero-order chi connectivity index (χ0) is 32.4. The number of anilines is 1. The second-order valence-electron chi connectivity index (χ2n) is 10.6. The van der Waals surface area contributed by atoms with Crippen molar-refractivity contribution in [3.8, 4) is 22.5 Å². The first-order valence-corrected chi connectivity index (χ1v) is 16.0. The molecule has 6 rings (SSSR count). The maximum absolute atomic E-state index is 13.4. The molecule has 0 aliphatic heterocycles. The van der Waals surface area contributed by atoms with Gasteiger partial charge in [-0.15, -0.1) is 11.8 Å². The Bertz CT molecular complexity index is 2000. The number of ketones is 1. The van der Waals surface area contributed by atoms with E-state index in [1.807, 2.05) is 109 Å². The third kappa shape index (κ3) is 8.22. The Morgan fingerprint density at radius 2 is 1.19 bits per heavy atom. The molecule has 0 saturated heterocycles. The molecule has 0 unspecified atom stereocenters. The van der Waals surface area contributed by atoms with Crippen molar-refractivity contribution >= 4 is 41.1 Å². The van der Waals surface area contributed by atoms with Gasteiger partial charge in [-0.3, -0.25) is 14.4 Å². The number of amides is 2. The molecular formula is C40H30N2O4S. The lowest BCUT2D eigenvalue weighted by Crippen LogP contribution is -2.30. The lowest BCUT2D eigenvalue weighted by molar-refractivity contribution is -0.113. The summed E-state index contributed by atoms with van der Waals surface area (Å²) in [7, 11) is 0. The average Bonchev–Trinajstić information content (AvgIpc) is 3.60. The van der Waals surface area contributed by atoms with E-state index in [9.17, 15) is 14.4 Å². The molecule has 7 heteroatoms. The first-order chi connectivity index (χ1) is 23.0. The standard InChI is InChI=1S/C40H30N2O4S/c43-37(30-18-16-29(17-19-30)28-10-4-1-5-11-28)27-47-35-23-20-33(21-24-35)41-40(45)36(42-39(44)32-14-8-3-9-15-32)26-34-22-25-38(46-34)31-12-6-2-7-13-31/h1-26H,27H2,(H,41,45)(H,42,44). The first-order valence-electron chi connectivity index (χ1n) is 15.0. The lowest BCUT2D eigenvalue weighted by Gasteiger charge is -2.11. The first kappa shape index (κ1) is 31.1. The van der Waals surface area contributed by atoms with Gasteiger partial charge < -0.3 is 15.1 Å². The molecule has 1 heterocycles. The SMILES string of the molecule is O=C(Nc1ccc(SCC(=O)c2ccc(-c3ccccc3)cc2)cc1)C(=Cc1ccc(-c2ccccc2)o1)NC(=O)c1ccccc1. The quantitative estimate of drug-likeness (QED) is 0.0844. The topological polar surface area (TPSA) is 88.4 Å². The summed E-state index contributed by atoms with van der Waals surface area (Å²) in [5.41, 5.74) is 4.69. The van der Waals surface area contributed by atoms with Crippen LogP contribution in [-0.4, -0.2) is 23.4 Å². The Hall–Kier alpha value is -5.92. The summed E-state index contributed by atoms with van der Waals surface area (Å²) in [5, 5.41) is 5.59. The second kappa shape index (κ2) is 14.9. The zero-order valence-electron chi connectivity index (χ0n) is 25.3. The number of hydrogen-bond donors (Lipinski definition) is 2. The van der Waals surface area contributed by atoms with E-state index in [1.54, 1.807) is 42.5 Å². The van der Waals surface area contributed by atoms with Crippen LogP contribution in [0.15, 0.2) is 167 Å². The Kier molecular flexibility index (Phi) is 9.86. The van der Waals surface area contributed by atoms with E-state index >= 15 is 0 Å². The van der Waals surface area contributed by atoms with Gasteiger partial charge in [0.1, 0.15) is 17.2 Å². The molecule has 0 aliphatic rings. The number of thioether (sulfide) groups is 1. The van der Waals surface area contributed by atoms with Crippen LogP contribution in [-0.2, 0) is 4.79 Å². The molecule has 230 valence electrons. The van der Waals surface area contributed by atoms with Crippen molar-refractivity contribution in [2.24, 2.45) is 0 Å². The number of nitrogens with one attached hydrogen (secondary N) is 2. The summed E-state index contributed by atoms with van der Waals surface area (Å²) < 4.78 is 5.97. The van der Waals surface area contributed by atoms with E-state index in [-0.39, 0.29) is 17.2 Å². The van der Waals surface area contributed by atoms with Crippen molar-refractivity contribution in [1.29, 1.82) is 0 Å². The zero-order valence-corrected chi connectivity index (χ0v) is 26.1. The number of rotatable bonds is 11. The van der Waals surface area contributed by atoms with Gasteiger partial charge >= 0.3 is 0 Å². The van der Waals surface area contributed by atoms with Gasteiger partial charge in [-0.1, -0.05) is 103 Å². The number of hydrogen-bond acceptors (Lipinski definition) is 5. The molecule has 0 aliphatic carbocycles. The molecule has 0 atom stereocenters. The van der Waals surface area contributed by atoms with Crippen LogP contribution in [0.2, 0.25) is 0 Å². The van der Waals surface area contributed by atoms with Gasteiger partial charge in [0, 0.05) is 33.3 Å². The monoisotopic (exact) mass is 634 g/mol. The molecule has 6 nitrogen and oxygen atoms in total. The number of carbonyl (C=O) groups excluding carboxylic acids is 3. The third-order valence-corrected chi connectivity index (χ3v) is 8.31. The van der Waals surface area contributed by atoms with E-state index in [2.05, 4.69) is 10.6 Å². The highest BCUT2D eigenvalue weighted by Crippen LogP contribution is 2.25. The van der Waals surface area contributed by atoms with Crippen LogP contribution in [0.5, 0.6) is 0 Å². The van der Waals surface area contributed by atoms with Crippen LogP contribution in [0.3, 0.4) is 0 Å². The Balaban J connectivity index is 1.11. The van der Waals surface area contributed by atoms with Crippen LogP contribution >= 0.6 is 11.8 Å². The fourth-order valence-electron chi connectivity index (χ4n) is 4.82. The van der Waals surface area contributed by atoms with Gasteiger partial charge in [-0.25, -0.2) is 0 Å². The number of carbonyl (C=O) groups is 3. The van der Waals surface area contributed by atoms with Gasteiger partial charge in [-0.2, -0.15) is 0 Å². The van der Waals surface area contributed by atoms with Crippen molar-refractivity contribution in [3.05, 3.63) is 174 Å². The van der Waals surface area contributed by atoms with E-state index in [0.29, 0.717) is 28.3 Å². The van der Waals surface area contributed by atoms with E-state index < -0.39 is 11.8 Å². The maximum Gasteiger partial charge on any atom is 0.272 e. The lowest BCUT2D eigenvalue weighted by atomic mass is 10.0. The normalized spacial score (nSPS) is 11.1. The summed E-state index contributed by atoms with van der Waals surface area (Å²) in [5.74, 6) is 0.428. The minimum atomic E-state index is -0.513.